The Bertz CT molecular complexity index is 113. The lowest BCUT2D eigenvalue weighted by Crippen LogP contribution is -1.73. The predicted octanol–water partition coefficient (Wildman–Crippen LogP) is 1.86. The SMILES string of the molecule is C=C1[C+]=CCC=C1. The highest BCUT2D eigenvalue weighted by atomic mass is 13.9. The number of hydrogen-bond acceptors (Lipinski definition) is 0. The standard InChI is InChI=1S/C7H7/c1-7-5-3-2-4-6-7/h3-5H,1-2H2/q+1. The minimum absolute atomic E-state index is 0.978. The van der Waals surface area contributed by atoms with Gasteiger partial charge in [0.05, 0.1) is 6.08 Å². The molecule has 0 atom stereocenters. The molecule has 0 spiro atoms. The third kappa shape index (κ3) is 0.989. The molecule has 1 aliphatic rings. The molecule has 0 heteroatoms. The van der Waals surface area contributed by atoms with Gasteiger partial charge in [0.2, 0.25) is 0 Å². The average Bonchev–Trinajstić information content (AvgIpc) is 1.69. The third-order valence-corrected chi connectivity index (χ3v) is 0.860. The van der Waals surface area contributed by atoms with Crippen molar-refractivity contribution in [3.63, 3.8) is 0 Å². The molecule has 0 fully saturated rings. The molecule has 7 heavy (non-hydrogen) atoms. The molecule has 0 saturated heterocycles. The van der Waals surface area contributed by atoms with Crippen LogP contribution in [0.15, 0.2) is 30.4 Å². The van der Waals surface area contributed by atoms with Crippen LogP contribution in [0.5, 0.6) is 0 Å². The van der Waals surface area contributed by atoms with E-state index < -0.39 is 0 Å². The molecule has 0 aliphatic heterocycles. The van der Waals surface area contributed by atoms with Crippen molar-refractivity contribution in [3.8, 4) is 0 Å². The highest BCUT2D eigenvalue weighted by Crippen LogP contribution is 2.02. The first kappa shape index (κ1) is 4.29. The zero-order chi connectivity index (χ0) is 5.11. The summed E-state index contributed by atoms with van der Waals surface area (Å²) in [6.07, 6.45) is 10.0. The maximum absolute atomic E-state index is 3.68. The Morgan fingerprint density at radius 2 is 2.57 bits per heavy atom. The van der Waals surface area contributed by atoms with Gasteiger partial charge >= 0.3 is 0 Å². The quantitative estimate of drug-likeness (QED) is 0.399. The fourth-order valence-electron chi connectivity index (χ4n) is 0.516. The summed E-state index contributed by atoms with van der Waals surface area (Å²) in [4.78, 5) is 0. The van der Waals surface area contributed by atoms with Crippen molar-refractivity contribution in [2.75, 3.05) is 0 Å². The molecule has 0 unspecified atom stereocenters. The Morgan fingerprint density at radius 3 is 2.86 bits per heavy atom. The number of hydrogen-bond donors (Lipinski definition) is 0. The Labute approximate surface area is 43.9 Å². The van der Waals surface area contributed by atoms with Crippen molar-refractivity contribution in [2.45, 2.75) is 6.42 Å². The van der Waals surface area contributed by atoms with Gasteiger partial charge in [-0.05, 0) is 6.08 Å². The van der Waals surface area contributed by atoms with Gasteiger partial charge in [-0.2, -0.15) is 0 Å². The normalized spacial score (nSPS) is 16.9. The van der Waals surface area contributed by atoms with Crippen LogP contribution in [-0.2, 0) is 0 Å². The highest BCUT2D eigenvalue weighted by molar-refractivity contribution is 5.26. The fourth-order valence-corrected chi connectivity index (χ4v) is 0.516. The monoisotopic (exact) mass is 91.1 g/mol. The van der Waals surface area contributed by atoms with Gasteiger partial charge in [-0.15, -0.1) is 0 Å². The van der Waals surface area contributed by atoms with E-state index in [4.69, 9.17) is 0 Å². The van der Waals surface area contributed by atoms with Gasteiger partial charge in [-0.3, -0.25) is 0 Å². The molecule has 0 aromatic heterocycles. The molecule has 0 amide bonds. The minimum atomic E-state index is 0.978. The first-order valence-corrected chi connectivity index (χ1v) is 2.33. The van der Waals surface area contributed by atoms with Crippen LogP contribution in [0.4, 0.5) is 0 Å². The van der Waals surface area contributed by atoms with Gasteiger partial charge in [0.15, 0.2) is 5.57 Å². The number of rotatable bonds is 0. The lowest BCUT2D eigenvalue weighted by molar-refractivity contribution is 1.33. The summed E-state index contributed by atoms with van der Waals surface area (Å²) in [6.45, 7) is 3.68. The lowest BCUT2D eigenvalue weighted by Gasteiger charge is -1.81. The molecule has 0 nitrogen and oxygen atoms in total. The van der Waals surface area contributed by atoms with Crippen molar-refractivity contribution in [2.24, 2.45) is 0 Å². The summed E-state index contributed by atoms with van der Waals surface area (Å²) in [6, 6.07) is 0. The molecule has 0 aromatic rings. The summed E-state index contributed by atoms with van der Waals surface area (Å²) in [5.41, 5.74) is 0.978. The van der Waals surface area contributed by atoms with E-state index >= 15 is 0 Å². The van der Waals surface area contributed by atoms with Crippen LogP contribution in [0.2, 0.25) is 0 Å². The van der Waals surface area contributed by atoms with Crippen molar-refractivity contribution >= 4 is 0 Å². The lowest BCUT2D eigenvalue weighted by atomic mass is 10.1. The second-order valence-corrected chi connectivity index (χ2v) is 1.51. The van der Waals surface area contributed by atoms with Gasteiger partial charge in [0.1, 0.15) is 0 Å². The molecule has 0 saturated carbocycles. The average molecular weight is 91.1 g/mol. The molecule has 1 aliphatic carbocycles. The van der Waals surface area contributed by atoms with Crippen molar-refractivity contribution in [3.05, 3.63) is 36.5 Å². The molecule has 34 valence electrons. The maximum atomic E-state index is 3.68. The van der Waals surface area contributed by atoms with E-state index in [2.05, 4.69) is 18.7 Å². The van der Waals surface area contributed by atoms with Gasteiger partial charge in [0.25, 0.3) is 0 Å². The van der Waals surface area contributed by atoms with Gasteiger partial charge < -0.3 is 0 Å². The van der Waals surface area contributed by atoms with E-state index in [1.165, 1.54) is 0 Å². The zero-order valence-electron chi connectivity index (χ0n) is 4.15. The first-order chi connectivity index (χ1) is 3.39. The van der Waals surface area contributed by atoms with E-state index in [0.29, 0.717) is 0 Å². The topological polar surface area (TPSA) is 0 Å². The molecule has 0 aromatic carbocycles. The van der Waals surface area contributed by atoms with Gasteiger partial charge in [-0.1, -0.05) is 0 Å². The second kappa shape index (κ2) is 1.72. The van der Waals surface area contributed by atoms with Crippen molar-refractivity contribution in [1.29, 1.82) is 0 Å². The predicted molar refractivity (Wildman–Crippen MR) is 30.7 cm³/mol. The van der Waals surface area contributed by atoms with Gasteiger partial charge in [-0.25, -0.2) is 0 Å². The summed E-state index contributed by atoms with van der Waals surface area (Å²) < 4.78 is 0. The molecule has 0 radical (unpaired) electrons. The number of allylic oxidation sites excluding steroid dienone is 5. The van der Waals surface area contributed by atoms with E-state index in [1.807, 2.05) is 12.2 Å². The van der Waals surface area contributed by atoms with Crippen LogP contribution >= 0.6 is 0 Å². The molecular weight excluding hydrogens is 84.1 g/mol. The third-order valence-electron chi connectivity index (χ3n) is 0.860. The zero-order valence-corrected chi connectivity index (χ0v) is 4.15. The van der Waals surface area contributed by atoms with Crippen LogP contribution in [-0.4, -0.2) is 0 Å². The molecule has 0 heterocycles. The molecule has 0 bridgehead atoms. The Hall–Kier alpha value is -0.870. The van der Waals surface area contributed by atoms with E-state index in [0.717, 1.165) is 12.0 Å². The summed E-state index contributed by atoms with van der Waals surface area (Å²) in [7, 11) is 0. The van der Waals surface area contributed by atoms with Crippen molar-refractivity contribution in [1.82, 2.24) is 0 Å². The Kier molecular flexibility index (Phi) is 1.06. The van der Waals surface area contributed by atoms with Crippen LogP contribution in [0.1, 0.15) is 6.42 Å². The van der Waals surface area contributed by atoms with E-state index in [1.54, 1.807) is 0 Å². The minimum Gasteiger partial charge on any atom is -0.0210 e. The van der Waals surface area contributed by atoms with Crippen LogP contribution in [0.3, 0.4) is 0 Å². The molecule has 1 rings (SSSR count). The molecular formula is C7H7+. The fraction of sp³-hybridized carbons (Fsp3) is 0.143. The largest absolute Gasteiger partial charge is 0.180 e. The summed E-state index contributed by atoms with van der Waals surface area (Å²) in [5, 5.41) is 0. The van der Waals surface area contributed by atoms with Crippen molar-refractivity contribution < 1.29 is 0 Å². The van der Waals surface area contributed by atoms with Crippen LogP contribution < -0.4 is 0 Å². The Balaban J connectivity index is 2.66. The van der Waals surface area contributed by atoms with E-state index in [9.17, 15) is 0 Å². The van der Waals surface area contributed by atoms with Crippen LogP contribution in [0.25, 0.3) is 0 Å². The summed E-state index contributed by atoms with van der Waals surface area (Å²) >= 11 is 0. The van der Waals surface area contributed by atoms with E-state index in [-0.39, 0.29) is 0 Å². The van der Waals surface area contributed by atoms with Gasteiger partial charge in [0, 0.05) is 25.2 Å². The second-order valence-electron chi connectivity index (χ2n) is 1.51. The molecule has 0 N–H and O–H groups in total. The summed E-state index contributed by atoms with van der Waals surface area (Å²) in [5.74, 6) is 0. The first-order valence-electron chi connectivity index (χ1n) is 2.33. The smallest absolute Gasteiger partial charge is 0.0210 e. The maximum Gasteiger partial charge on any atom is 0.180 e. The van der Waals surface area contributed by atoms with Crippen LogP contribution in [0, 0.1) is 6.08 Å². The Morgan fingerprint density at radius 1 is 1.71 bits per heavy atom. The highest BCUT2D eigenvalue weighted by Gasteiger charge is 1.94.